The van der Waals surface area contributed by atoms with Crippen molar-refractivity contribution in [1.82, 2.24) is 10.6 Å². The monoisotopic (exact) mass is 280 g/mol. The van der Waals surface area contributed by atoms with E-state index in [-0.39, 0.29) is 17.8 Å². The molecule has 0 saturated heterocycles. The number of unbranched alkanes of at least 4 members (excludes halogenated alkanes) is 1. The van der Waals surface area contributed by atoms with Crippen LogP contribution in [0.3, 0.4) is 0 Å². The Hall–Kier alpha value is -1.42. The average molecular weight is 280 g/mol. The molecule has 0 aromatic heterocycles. The normalized spacial score (nSPS) is 12.2. The Morgan fingerprint density at radius 3 is 2.55 bits per heavy atom. The molecule has 0 saturated carbocycles. The molecule has 2 N–H and O–H groups in total. The fraction of sp³-hybridized carbons (Fsp3) is 0.562. The fourth-order valence-electron chi connectivity index (χ4n) is 2.14. The van der Waals surface area contributed by atoms with Crippen molar-refractivity contribution in [3.63, 3.8) is 0 Å². The van der Waals surface area contributed by atoms with E-state index in [4.69, 9.17) is 0 Å². The van der Waals surface area contributed by atoms with Crippen molar-refractivity contribution in [1.29, 1.82) is 0 Å². The lowest BCUT2D eigenvalue weighted by Crippen LogP contribution is -2.29. The van der Waals surface area contributed by atoms with Gasteiger partial charge in [-0.15, -0.1) is 0 Å². The van der Waals surface area contributed by atoms with Gasteiger partial charge in [0.1, 0.15) is 5.82 Å². The molecule has 0 aliphatic carbocycles. The Morgan fingerprint density at radius 2 is 1.95 bits per heavy atom. The predicted octanol–water partition coefficient (Wildman–Crippen LogP) is 3.17. The third-order valence-corrected chi connectivity index (χ3v) is 3.24. The molecule has 112 valence electrons. The van der Waals surface area contributed by atoms with Crippen LogP contribution in [0.25, 0.3) is 0 Å². The number of carbonyl (C=O) groups excluding carboxylic acids is 1. The van der Waals surface area contributed by atoms with Gasteiger partial charge in [-0.25, -0.2) is 4.39 Å². The molecule has 0 spiro atoms. The molecule has 1 unspecified atom stereocenters. The number of rotatable bonds is 9. The second-order valence-corrected chi connectivity index (χ2v) is 4.90. The maximum Gasteiger partial charge on any atom is 0.221 e. The minimum absolute atomic E-state index is 0.0633. The van der Waals surface area contributed by atoms with Gasteiger partial charge in [-0.05, 0) is 31.0 Å². The van der Waals surface area contributed by atoms with Crippen molar-refractivity contribution in [3.05, 3.63) is 35.6 Å². The second kappa shape index (κ2) is 9.48. The van der Waals surface area contributed by atoms with E-state index in [0.717, 1.165) is 24.8 Å². The van der Waals surface area contributed by atoms with Gasteiger partial charge in [-0.1, -0.05) is 31.9 Å². The van der Waals surface area contributed by atoms with Gasteiger partial charge in [-0.3, -0.25) is 4.79 Å². The summed E-state index contributed by atoms with van der Waals surface area (Å²) in [5.74, 6) is -0.154. The van der Waals surface area contributed by atoms with Crippen LogP contribution >= 0.6 is 0 Å². The summed E-state index contributed by atoms with van der Waals surface area (Å²) in [6, 6.07) is 6.79. The van der Waals surface area contributed by atoms with Crippen LogP contribution < -0.4 is 10.6 Å². The second-order valence-electron chi connectivity index (χ2n) is 4.90. The molecular formula is C16H25FN2O. The van der Waals surface area contributed by atoms with Gasteiger partial charge in [0.05, 0.1) is 0 Å². The first-order valence-electron chi connectivity index (χ1n) is 7.42. The van der Waals surface area contributed by atoms with Gasteiger partial charge >= 0.3 is 0 Å². The largest absolute Gasteiger partial charge is 0.356 e. The van der Waals surface area contributed by atoms with Crippen LogP contribution in [-0.4, -0.2) is 19.0 Å². The molecule has 0 heterocycles. The van der Waals surface area contributed by atoms with E-state index in [1.807, 2.05) is 19.1 Å². The maximum absolute atomic E-state index is 13.0. The number of halogens is 1. The highest BCUT2D eigenvalue weighted by Crippen LogP contribution is 2.19. The zero-order chi connectivity index (χ0) is 14.8. The molecule has 0 aliphatic rings. The van der Waals surface area contributed by atoms with Crippen molar-refractivity contribution in [2.24, 2.45) is 0 Å². The molecular weight excluding hydrogens is 255 g/mol. The summed E-state index contributed by atoms with van der Waals surface area (Å²) >= 11 is 0. The number of hydrogen-bond acceptors (Lipinski definition) is 2. The van der Waals surface area contributed by atoms with Crippen LogP contribution in [-0.2, 0) is 4.79 Å². The highest BCUT2D eigenvalue weighted by Gasteiger charge is 2.11. The molecule has 1 rings (SSSR count). The minimum Gasteiger partial charge on any atom is -0.356 e. The molecule has 1 aromatic carbocycles. The Kier molecular flexibility index (Phi) is 7.88. The summed E-state index contributed by atoms with van der Waals surface area (Å²) < 4.78 is 13.0. The van der Waals surface area contributed by atoms with Crippen LogP contribution in [0.5, 0.6) is 0 Å². The molecule has 1 amide bonds. The average Bonchev–Trinajstić information content (AvgIpc) is 2.44. The van der Waals surface area contributed by atoms with E-state index in [1.54, 1.807) is 0 Å². The Bertz CT molecular complexity index is 392. The van der Waals surface area contributed by atoms with Crippen molar-refractivity contribution in [2.75, 3.05) is 13.1 Å². The van der Waals surface area contributed by atoms with E-state index in [2.05, 4.69) is 17.6 Å². The van der Waals surface area contributed by atoms with E-state index in [0.29, 0.717) is 19.5 Å². The molecule has 1 atom stereocenters. The van der Waals surface area contributed by atoms with Gasteiger partial charge in [0, 0.05) is 25.6 Å². The zero-order valence-electron chi connectivity index (χ0n) is 12.4. The van der Waals surface area contributed by atoms with Gasteiger partial charge in [0.25, 0.3) is 0 Å². The summed E-state index contributed by atoms with van der Waals surface area (Å²) in [6.07, 6.45) is 3.70. The number of carbonyl (C=O) groups is 1. The Labute approximate surface area is 121 Å². The summed E-state index contributed by atoms with van der Waals surface area (Å²) in [7, 11) is 0. The SMILES string of the molecule is CCCCC(NCCC(=O)NCC)c1ccc(F)cc1. The summed E-state index contributed by atoms with van der Waals surface area (Å²) in [5.41, 5.74) is 1.08. The topological polar surface area (TPSA) is 41.1 Å². The molecule has 0 aliphatic heterocycles. The van der Waals surface area contributed by atoms with Gasteiger partial charge in [0.15, 0.2) is 0 Å². The van der Waals surface area contributed by atoms with Crippen LogP contribution in [0.2, 0.25) is 0 Å². The van der Waals surface area contributed by atoms with Gasteiger partial charge in [0.2, 0.25) is 5.91 Å². The Morgan fingerprint density at radius 1 is 1.25 bits per heavy atom. The number of benzene rings is 1. The molecule has 3 nitrogen and oxygen atoms in total. The van der Waals surface area contributed by atoms with Crippen molar-refractivity contribution in [3.8, 4) is 0 Å². The molecule has 0 radical (unpaired) electrons. The number of hydrogen-bond donors (Lipinski definition) is 2. The first-order valence-corrected chi connectivity index (χ1v) is 7.42. The Balaban J connectivity index is 2.51. The highest BCUT2D eigenvalue weighted by atomic mass is 19.1. The smallest absolute Gasteiger partial charge is 0.221 e. The van der Waals surface area contributed by atoms with Gasteiger partial charge in [-0.2, -0.15) is 0 Å². The third-order valence-electron chi connectivity index (χ3n) is 3.24. The first kappa shape index (κ1) is 16.6. The lowest BCUT2D eigenvalue weighted by molar-refractivity contribution is -0.120. The van der Waals surface area contributed by atoms with Crippen LogP contribution in [0.15, 0.2) is 24.3 Å². The molecule has 4 heteroatoms. The molecule has 20 heavy (non-hydrogen) atoms. The van der Waals surface area contributed by atoms with Crippen LogP contribution in [0.4, 0.5) is 4.39 Å². The van der Waals surface area contributed by atoms with E-state index in [9.17, 15) is 9.18 Å². The van der Waals surface area contributed by atoms with Crippen LogP contribution in [0, 0.1) is 5.82 Å². The summed E-state index contributed by atoms with van der Waals surface area (Å²) in [5, 5.41) is 6.18. The molecule has 0 bridgehead atoms. The summed E-state index contributed by atoms with van der Waals surface area (Å²) in [6.45, 7) is 5.36. The van der Waals surface area contributed by atoms with Crippen molar-refractivity contribution >= 4 is 5.91 Å². The zero-order valence-corrected chi connectivity index (χ0v) is 12.4. The van der Waals surface area contributed by atoms with Crippen molar-refractivity contribution in [2.45, 2.75) is 45.6 Å². The molecule has 1 aromatic rings. The number of amides is 1. The highest BCUT2D eigenvalue weighted by molar-refractivity contribution is 5.75. The lowest BCUT2D eigenvalue weighted by atomic mass is 10.0. The predicted molar refractivity (Wildman–Crippen MR) is 80.0 cm³/mol. The fourth-order valence-corrected chi connectivity index (χ4v) is 2.14. The third kappa shape index (κ3) is 6.15. The van der Waals surface area contributed by atoms with E-state index < -0.39 is 0 Å². The standard InChI is InChI=1S/C16H25FN2O/c1-3-5-6-15(13-7-9-14(17)10-8-13)19-12-11-16(20)18-4-2/h7-10,15,19H,3-6,11-12H2,1-2H3,(H,18,20). The molecule has 0 fully saturated rings. The van der Waals surface area contributed by atoms with Crippen LogP contribution in [0.1, 0.15) is 51.1 Å². The van der Waals surface area contributed by atoms with Crippen molar-refractivity contribution < 1.29 is 9.18 Å². The van der Waals surface area contributed by atoms with Gasteiger partial charge < -0.3 is 10.6 Å². The maximum atomic E-state index is 13.0. The first-order chi connectivity index (χ1) is 9.67. The van der Waals surface area contributed by atoms with E-state index in [1.165, 1.54) is 12.1 Å². The quantitative estimate of drug-likeness (QED) is 0.729. The summed E-state index contributed by atoms with van der Waals surface area (Å²) in [4.78, 5) is 11.4. The minimum atomic E-state index is -0.217. The number of nitrogens with one attached hydrogen (secondary N) is 2. The van der Waals surface area contributed by atoms with E-state index >= 15 is 0 Å². The lowest BCUT2D eigenvalue weighted by Gasteiger charge is -2.19.